The highest BCUT2D eigenvalue weighted by atomic mass is 16.4. The number of aliphatic carboxylic acids is 1. The quantitative estimate of drug-likeness (QED) is 0.869. The minimum Gasteiger partial charge on any atom is -0.478 e. The average molecular weight is 266 g/mol. The van der Waals surface area contributed by atoms with Crippen LogP contribution < -0.4 is 0 Å². The summed E-state index contributed by atoms with van der Waals surface area (Å²) in [4.78, 5) is 14.6. The lowest BCUT2D eigenvalue weighted by atomic mass is 9.93. The zero-order valence-electron chi connectivity index (χ0n) is 10.9. The lowest BCUT2D eigenvalue weighted by Gasteiger charge is -2.17. The molecule has 100 valence electrons. The lowest BCUT2D eigenvalue weighted by molar-refractivity contribution is -0.131. The molecule has 0 spiro atoms. The van der Waals surface area contributed by atoms with Crippen molar-refractivity contribution in [2.75, 3.05) is 0 Å². The number of aromatic nitrogens is 2. The summed E-state index contributed by atoms with van der Waals surface area (Å²) in [7, 11) is 0. The molecule has 20 heavy (non-hydrogen) atoms. The van der Waals surface area contributed by atoms with E-state index < -0.39 is 5.97 Å². The van der Waals surface area contributed by atoms with Crippen LogP contribution in [0.5, 0.6) is 0 Å². The van der Waals surface area contributed by atoms with E-state index in [1.165, 1.54) is 11.3 Å². The van der Waals surface area contributed by atoms with Crippen LogP contribution in [0.15, 0.2) is 43.0 Å². The molecule has 2 aromatic rings. The Morgan fingerprint density at radius 1 is 1.35 bits per heavy atom. The molecule has 0 bridgehead atoms. The highest BCUT2D eigenvalue weighted by Gasteiger charge is 2.11. The van der Waals surface area contributed by atoms with E-state index in [0.717, 1.165) is 30.0 Å². The molecule has 0 unspecified atom stereocenters. The molecule has 0 aliphatic heterocycles. The van der Waals surface area contributed by atoms with E-state index in [4.69, 9.17) is 5.11 Å². The minimum absolute atomic E-state index is 0.897. The van der Waals surface area contributed by atoms with E-state index in [-0.39, 0.29) is 0 Å². The molecule has 4 heteroatoms. The highest BCUT2D eigenvalue weighted by Crippen LogP contribution is 2.27. The first kappa shape index (κ1) is 12.4. The van der Waals surface area contributed by atoms with Crippen LogP contribution in [0, 0.1) is 0 Å². The number of fused-ring (bicyclic) bond motifs is 1. The van der Waals surface area contributed by atoms with Crippen LogP contribution in [0.3, 0.4) is 0 Å². The van der Waals surface area contributed by atoms with E-state index in [2.05, 4.69) is 17.1 Å². The second kappa shape index (κ2) is 5.17. The van der Waals surface area contributed by atoms with Gasteiger partial charge >= 0.3 is 5.97 Å². The van der Waals surface area contributed by atoms with Gasteiger partial charge in [0.2, 0.25) is 0 Å². The van der Waals surface area contributed by atoms with Crippen LogP contribution >= 0.6 is 0 Å². The molecular formula is C16H14N2O2. The first-order valence-corrected chi connectivity index (χ1v) is 6.45. The van der Waals surface area contributed by atoms with Gasteiger partial charge in [0.1, 0.15) is 0 Å². The number of carboxylic acid groups (broad SMARTS) is 1. The molecule has 0 saturated heterocycles. The zero-order valence-corrected chi connectivity index (χ0v) is 10.9. The maximum absolute atomic E-state index is 10.6. The summed E-state index contributed by atoms with van der Waals surface area (Å²) in [6.07, 6.45) is 12.4. The van der Waals surface area contributed by atoms with Crippen molar-refractivity contribution >= 4 is 23.8 Å². The molecule has 0 amide bonds. The lowest BCUT2D eigenvalue weighted by Crippen LogP contribution is -2.03. The third kappa shape index (κ3) is 2.54. The monoisotopic (exact) mass is 266 g/mol. The van der Waals surface area contributed by atoms with Crippen LogP contribution in [0.2, 0.25) is 0 Å². The molecule has 0 fully saturated rings. The van der Waals surface area contributed by atoms with Crippen molar-refractivity contribution < 1.29 is 9.90 Å². The van der Waals surface area contributed by atoms with Crippen molar-refractivity contribution in [1.29, 1.82) is 0 Å². The molecule has 1 N–H and O–H groups in total. The van der Waals surface area contributed by atoms with E-state index >= 15 is 0 Å². The van der Waals surface area contributed by atoms with Crippen molar-refractivity contribution in [3.8, 4) is 0 Å². The van der Waals surface area contributed by atoms with Crippen LogP contribution in [0.4, 0.5) is 0 Å². The largest absolute Gasteiger partial charge is 0.478 e. The van der Waals surface area contributed by atoms with Gasteiger partial charge in [-0.15, -0.1) is 0 Å². The Morgan fingerprint density at radius 2 is 2.25 bits per heavy atom. The molecule has 3 rings (SSSR count). The smallest absolute Gasteiger partial charge is 0.328 e. The number of carboxylic acids is 1. The fourth-order valence-electron chi connectivity index (χ4n) is 2.39. The van der Waals surface area contributed by atoms with E-state index in [1.54, 1.807) is 18.6 Å². The second-order valence-corrected chi connectivity index (χ2v) is 4.74. The number of benzene rings is 1. The number of aryl methyl sites for hydroxylation is 1. The van der Waals surface area contributed by atoms with Gasteiger partial charge < -0.3 is 9.67 Å². The van der Waals surface area contributed by atoms with Crippen molar-refractivity contribution in [2.24, 2.45) is 0 Å². The van der Waals surface area contributed by atoms with Gasteiger partial charge in [0.15, 0.2) is 0 Å². The topological polar surface area (TPSA) is 55.1 Å². The Balaban J connectivity index is 1.95. The number of carbonyl (C=O) groups is 1. The Bertz CT molecular complexity index is 697. The fourth-order valence-corrected chi connectivity index (χ4v) is 2.39. The maximum atomic E-state index is 10.6. The standard InChI is InChI=1S/C16H14N2O2/c19-16(20)6-2-12-1-3-13-4-5-15(10-14(13)9-12)18-8-7-17-11-18/h1-3,6-11H,4-5H2,(H,19,20). The Labute approximate surface area is 116 Å². The molecular weight excluding hydrogens is 252 g/mol. The number of nitrogens with zero attached hydrogens (tertiary/aromatic N) is 2. The van der Waals surface area contributed by atoms with Gasteiger partial charge in [-0.2, -0.15) is 0 Å². The summed E-state index contributed by atoms with van der Waals surface area (Å²) in [5.41, 5.74) is 4.54. The summed E-state index contributed by atoms with van der Waals surface area (Å²) in [5, 5.41) is 8.67. The summed E-state index contributed by atoms with van der Waals surface area (Å²) >= 11 is 0. The third-order valence-electron chi connectivity index (χ3n) is 3.40. The Morgan fingerprint density at radius 3 is 3.00 bits per heavy atom. The van der Waals surface area contributed by atoms with Crippen LogP contribution in [-0.4, -0.2) is 20.6 Å². The van der Waals surface area contributed by atoms with Gasteiger partial charge in [-0.25, -0.2) is 9.78 Å². The normalized spacial score (nSPS) is 14.1. The van der Waals surface area contributed by atoms with Crippen molar-refractivity contribution in [3.05, 3.63) is 59.7 Å². The Hall–Kier alpha value is -2.62. The summed E-state index contributed by atoms with van der Waals surface area (Å²) in [6.45, 7) is 0. The SMILES string of the molecule is O=C(O)C=Cc1ccc2c(c1)C=C(n1ccnc1)CC2. The summed E-state index contributed by atoms with van der Waals surface area (Å²) in [6, 6.07) is 6.04. The minimum atomic E-state index is -0.933. The number of hydrogen-bond acceptors (Lipinski definition) is 2. The molecule has 0 saturated carbocycles. The van der Waals surface area contributed by atoms with Gasteiger partial charge in [0, 0.05) is 24.2 Å². The van der Waals surface area contributed by atoms with Gasteiger partial charge in [0.05, 0.1) is 6.33 Å². The van der Waals surface area contributed by atoms with Crippen LogP contribution in [-0.2, 0) is 11.2 Å². The predicted molar refractivity (Wildman–Crippen MR) is 77.8 cm³/mol. The maximum Gasteiger partial charge on any atom is 0.328 e. The number of allylic oxidation sites excluding steroid dienone is 1. The van der Waals surface area contributed by atoms with E-state index in [9.17, 15) is 4.79 Å². The van der Waals surface area contributed by atoms with Gasteiger partial charge in [0.25, 0.3) is 0 Å². The molecule has 0 atom stereocenters. The molecule has 1 aromatic carbocycles. The average Bonchev–Trinajstić information content (AvgIpc) is 2.98. The van der Waals surface area contributed by atoms with Crippen molar-refractivity contribution in [1.82, 2.24) is 9.55 Å². The van der Waals surface area contributed by atoms with Crippen LogP contribution in [0.25, 0.3) is 17.8 Å². The zero-order chi connectivity index (χ0) is 13.9. The fraction of sp³-hybridized carbons (Fsp3) is 0.125. The Kier molecular flexibility index (Phi) is 3.21. The van der Waals surface area contributed by atoms with E-state index in [0.29, 0.717) is 0 Å². The van der Waals surface area contributed by atoms with Gasteiger partial charge in [-0.1, -0.05) is 12.1 Å². The van der Waals surface area contributed by atoms with Gasteiger partial charge in [-0.3, -0.25) is 0 Å². The van der Waals surface area contributed by atoms with Crippen molar-refractivity contribution in [3.63, 3.8) is 0 Å². The molecule has 4 nitrogen and oxygen atoms in total. The number of hydrogen-bond donors (Lipinski definition) is 1. The molecule has 0 radical (unpaired) electrons. The van der Waals surface area contributed by atoms with Crippen LogP contribution in [0.1, 0.15) is 23.1 Å². The number of rotatable bonds is 3. The third-order valence-corrected chi connectivity index (χ3v) is 3.40. The predicted octanol–water partition coefficient (Wildman–Crippen LogP) is 2.93. The number of imidazole rings is 1. The summed E-state index contributed by atoms with van der Waals surface area (Å²) in [5.74, 6) is -0.933. The van der Waals surface area contributed by atoms with Gasteiger partial charge in [-0.05, 0) is 47.8 Å². The van der Waals surface area contributed by atoms with E-state index in [1.807, 2.05) is 22.9 Å². The first-order chi connectivity index (χ1) is 9.72. The highest BCUT2D eigenvalue weighted by molar-refractivity contribution is 5.85. The molecule has 1 aliphatic rings. The molecule has 1 aromatic heterocycles. The second-order valence-electron chi connectivity index (χ2n) is 4.74. The first-order valence-electron chi connectivity index (χ1n) is 6.45. The van der Waals surface area contributed by atoms with Crippen molar-refractivity contribution in [2.45, 2.75) is 12.8 Å². The molecule has 1 heterocycles. The molecule has 1 aliphatic carbocycles. The summed E-state index contributed by atoms with van der Waals surface area (Å²) < 4.78 is 2.02.